The maximum Gasteiger partial charge on any atom is 0.245 e. The van der Waals surface area contributed by atoms with Crippen molar-refractivity contribution in [1.29, 1.82) is 0 Å². The molecular formula is C7H14F2O. The number of halogens is 2. The normalized spacial score (nSPS) is 15.3. The molecule has 0 aromatic heterocycles. The minimum Gasteiger partial charge on any atom is -0.393 e. The van der Waals surface area contributed by atoms with E-state index in [1.54, 1.807) is 6.92 Å². The first-order valence-corrected chi connectivity index (χ1v) is 3.51. The average Bonchev–Trinajstić information content (AvgIpc) is 1.81. The van der Waals surface area contributed by atoms with Crippen molar-refractivity contribution in [2.24, 2.45) is 0 Å². The van der Waals surface area contributed by atoms with Crippen molar-refractivity contribution in [3.63, 3.8) is 0 Å². The van der Waals surface area contributed by atoms with Crippen molar-refractivity contribution in [2.45, 2.75) is 45.1 Å². The van der Waals surface area contributed by atoms with E-state index in [0.29, 0.717) is 6.42 Å². The molecule has 0 saturated carbocycles. The topological polar surface area (TPSA) is 20.2 Å². The van der Waals surface area contributed by atoms with E-state index in [0.717, 1.165) is 6.92 Å². The van der Waals surface area contributed by atoms with E-state index < -0.39 is 12.0 Å². The summed E-state index contributed by atoms with van der Waals surface area (Å²) in [5.41, 5.74) is 0. The van der Waals surface area contributed by atoms with Gasteiger partial charge in [0.25, 0.3) is 0 Å². The summed E-state index contributed by atoms with van der Waals surface area (Å²) in [6.07, 6.45) is -0.0382. The average molecular weight is 152 g/mol. The van der Waals surface area contributed by atoms with Crippen LogP contribution in [0.5, 0.6) is 0 Å². The lowest BCUT2D eigenvalue weighted by Gasteiger charge is -2.12. The number of hydrogen-bond donors (Lipinski definition) is 1. The van der Waals surface area contributed by atoms with Gasteiger partial charge in [-0.2, -0.15) is 0 Å². The Morgan fingerprint density at radius 3 is 2.30 bits per heavy atom. The lowest BCUT2D eigenvalue weighted by molar-refractivity contribution is -0.00235. The van der Waals surface area contributed by atoms with E-state index in [4.69, 9.17) is 5.11 Å². The predicted octanol–water partition coefficient (Wildman–Crippen LogP) is 2.19. The Bertz CT molecular complexity index is 88.1. The Hall–Kier alpha value is -0.180. The van der Waals surface area contributed by atoms with Crippen LogP contribution in [0.4, 0.5) is 8.78 Å². The molecule has 0 rings (SSSR count). The van der Waals surface area contributed by atoms with E-state index in [1.807, 2.05) is 0 Å². The first kappa shape index (κ1) is 9.82. The van der Waals surface area contributed by atoms with Crippen LogP contribution < -0.4 is 0 Å². The quantitative estimate of drug-likeness (QED) is 0.654. The molecule has 0 bridgehead atoms. The third-order valence-electron chi connectivity index (χ3n) is 1.39. The van der Waals surface area contributed by atoms with Gasteiger partial charge < -0.3 is 5.11 Å². The maximum absolute atomic E-state index is 12.1. The third-order valence-corrected chi connectivity index (χ3v) is 1.39. The molecule has 1 nitrogen and oxygen atoms in total. The van der Waals surface area contributed by atoms with Gasteiger partial charge in [0.1, 0.15) is 0 Å². The minimum absolute atomic E-state index is 0.194. The van der Waals surface area contributed by atoms with Crippen molar-refractivity contribution < 1.29 is 13.9 Å². The van der Waals surface area contributed by atoms with Gasteiger partial charge in [0.05, 0.1) is 6.10 Å². The second kappa shape index (κ2) is 3.86. The molecule has 62 valence electrons. The van der Waals surface area contributed by atoms with Crippen LogP contribution in [0.3, 0.4) is 0 Å². The van der Waals surface area contributed by atoms with E-state index in [1.165, 1.54) is 0 Å². The summed E-state index contributed by atoms with van der Waals surface area (Å²) in [6.45, 7) is 2.65. The molecule has 1 unspecified atom stereocenters. The zero-order chi connectivity index (χ0) is 8.20. The first-order valence-electron chi connectivity index (χ1n) is 3.51. The Morgan fingerprint density at radius 1 is 1.50 bits per heavy atom. The van der Waals surface area contributed by atoms with Gasteiger partial charge >= 0.3 is 0 Å². The van der Waals surface area contributed by atoms with Gasteiger partial charge in [0.15, 0.2) is 0 Å². The van der Waals surface area contributed by atoms with E-state index in [2.05, 4.69) is 0 Å². The fraction of sp³-hybridized carbons (Fsp3) is 1.00. The lowest BCUT2D eigenvalue weighted by atomic mass is 10.1. The van der Waals surface area contributed by atoms with Gasteiger partial charge in [-0.1, -0.05) is 6.92 Å². The molecule has 0 heterocycles. The van der Waals surface area contributed by atoms with Crippen LogP contribution >= 0.6 is 0 Å². The van der Waals surface area contributed by atoms with E-state index in [-0.39, 0.29) is 12.8 Å². The summed E-state index contributed by atoms with van der Waals surface area (Å²) >= 11 is 0. The van der Waals surface area contributed by atoms with Crippen LogP contribution in [0.1, 0.15) is 33.1 Å². The molecule has 1 N–H and O–H groups in total. The van der Waals surface area contributed by atoms with Crippen LogP contribution in [0.15, 0.2) is 0 Å². The largest absolute Gasteiger partial charge is 0.393 e. The molecule has 0 fully saturated rings. The highest BCUT2D eigenvalue weighted by molar-refractivity contribution is 4.61. The van der Waals surface area contributed by atoms with Gasteiger partial charge in [-0.3, -0.25) is 0 Å². The number of aliphatic hydroxyl groups excluding tert-OH is 1. The van der Waals surface area contributed by atoms with Gasteiger partial charge in [-0.15, -0.1) is 0 Å². The molecule has 0 aromatic carbocycles. The highest BCUT2D eigenvalue weighted by Crippen LogP contribution is 2.20. The molecule has 0 radical (unpaired) electrons. The Labute approximate surface area is 60.1 Å². The van der Waals surface area contributed by atoms with Crippen molar-refractivity contribution >= 4 is 0 Å². The lowest BCUT2D eigenvalue weighted by Crippen LogP contribution is -2.14. The molecule has 0 spiro atoms. The van der Waals surface area contributed by atoms with Crippen molar-refractivity contribution in [2.75, 3.05) is 0 Å². The first-order chi connectivity index (χ1) is 4.45. The molecule has 3 heteroatoms. The zero-order valence-electron chi connectivity index (χ0n) is 6.40. The molecule has 0 amide bonds. The van der Waals surface area contributed by atoms with Crippen molar-refractivity contribution in [1.82, 2.24) is 0 Å². The fourth-order valence-electron chi connectivity index (χ4n) is 0.624. The van der Waals surface area contributed by atoms with Gasteiger partial charge in [-0.05, 0) is 19.8 Å². The number of rotatable bonds is 4. The summed E-state index contributed by atoms with van der Waals surface area (Å²) in [5, 5.41) is 8.89. The molecule has 0 aliphatic carbocycles. The van der Waals surface area contributed by atoms with Gasteiger partial charge in [0.2, 0.25) is 5.92 Å². The highest BCUT2D eigenvalue weighted by Gasteiger charge is 2.21. The Kier molecular flexibility index (Phi) is 3.79. The standard InChI is InChI=1S/C7H14F2O/c1-3-6(10)4-5-7(2,8)9/h6,10H,3-5H2,1-2H3. The van der Waals surface area contributed by atoms with Gasteiger partial charge in [0, 0.05) is 6.42 Å². The number of alkyl halides is 2. The molecule has 1 atom stereocenters. The SMILES string of the molecule is CCC(O)CCC(C)(F)F. The van der Waals surface area contributed by atoms with Crippen LogP contribution in [0, 0.1) is 0 Å². The van der Waals surface area contributed by atoms with Crippen LogP contribution in [0.25, 0.3) is 0 Å². The molecule has 0 aromatic rings. The van der Waals surface area contributed by atoms with Crippen molar-refractivity contribution in [3.8, 4) is 0 Å². The third kappa shape index (κ3) is 5.95. The molecule has 0 aliphatic rings. The fourth-order valence-corrected chi connectivity index (χ4v) is 0.624. The summed E-state index contributed by atoms with van der Waals surface area (Å²) in [6, 6.07) is 0. The molecule has 0 aliphatic heterocycles. The number of hydrogen-bond acceptors (Lipinski definition) is 1. The minimum atomic E-state index is -2.63. The maximum atomic E-state index is 12.1. The summed E-state index contributed by atoms with van der Waals surface area (Å²) in [4.78, 5) is 0. The van der Waals surface area contributed by atoms with Crippen molar-refractivity contribution in [3.05, 3.63) is 0 Å². The summed E-state index contributed by atoms with van der Waals surface area (Å²) < 4.78 is 24.2. The molecule has 10 heavy (non-hydrogen) atoms. The smallest absolute Gasteiger partial charge is 0.245 e. The Balaban J connectivity index is 3.36. The highest BCUT2D eigenvalue weighted by atomic mass is 19.3. The summed E-state index contributed by atoms with van der Waals surface area (Å²) in [7, 11) is 0. The second-order valence-corrected chi connectivity index (χ2v) is 2.67. The van der Waals surface area contributed by atoms with Crippen LogP contribution in [0.2, 0.25) is 0 Å². The van der Waals surface area contributed by atoms with Gasteiger partial charge in [-0.25, -0.2) is 8.78 Å². The number of aliphatic hydroxyl groups is 1. The van der Waals surface area contributed by atoms with Crippen LogP contribution in [-0.4, -0.2) is 17.1 Å². The van der Waals surface area contributed by atoms with E-state index in [9.17, 15) is 8.78 Å². The monoisotopic (exact) mass is 152 g/mol. The second-order valence-electron chi connectivity index (χ2n) is 2.67. The van der Waals surface area contributed by atoms with Crippen LogP contribution in [-0.2, 0) is 0 Å². The molecular weight excluding hydrogens is 138 g/mol. The summed E-state index contributed by atoms with van der Waals surface area (Å²) in [5.74, 6) is -2.63. The predicted molar refractivity (Wildman–Crippen MR) is 36.2 cm³/mol. The van der Waals surface area contributed by atoms with E-state index >= 15 is 0 Å². The zero-order valence-corrected chi connectivity index (χ0v) is 6.40. The Morgan fingerprint density at radius 2 is 2.00 bits per heavy atom. The molecule has 0 saturated heterocycles.